The third-order valence-corrected chi connectivity index (χ3v) is 1.52. The van der Waals surface area contributed by atoms with Gasteiger partial charge < -0.3 is 10.1 Å². The van der Waals surface area contributed by atoms with Crippen molar-refractivity contribution in [2.75, 3.05) is 20.2 Å². The fourth-order valence-electron chi connectivity index (χ4n) is 0.934. The first-order valence-corrected chi connectivity index (χ1v) is 3.07. The van der Waals surface area contributed by atoms with Crippen LogP contribution in [-0.2, 0) is 14.3 Å². The number of rotatable bonds is 1. The van der Waals surface area contributed by atoms with Gasteiger partial charge in [-0.2, -0.15) is 0 Å². The Morgan fingerprint density at radius 3 is 2.90 bits per heavy atom. The van der Waals surface area contributed by atoms with Crippen LogP contribution < -0.4 is 5.32 Å². The van der Waals surface area contributed by atoms with E-state index in [2.05, 4.69) is 10.1 Å². The average Bonchev–Trinajstić information content (AvgIpc) is 2.34. The van der Waals surface area contributed by atoms with Crippen LogP contribution in [-0.4, -0.2) is 32.0 Å². The third kappa shape index (κ3) is 1.16. The van der Waals surface area contributed by atoms with Crippen molar-refractivity contribution in [1.29, 1.82) is 0 Å². The molecule has 4 nitrogen and oxygen atoms in total. The van der Waals surface area contributed by atoms with Gasteiger partial charge in [-0.05, 0) is 0 Å². The van der Waals surface area contributed by atoms with Gasteiger partial charge in [0.1, 0.15) is 5.92 Å². The van der Waals surface area contributed by atoms with E-state index in [0.29, 0.717) is 13.1 Å². The lowest BCUT2D eigenvalue weighted by Gasteiger charge is -2.01. The Morgan fingerprint density at radius 2 is 2.50 bits per heavy atom. The molecule has 0 spiro atoms. The van der Waals surface area contributed by atoms with E-state index in [-0.39, 0.29) is 5.78 Å². The molecule has 1 aliphatic heterocycles. The predicted octanol–water partition coefficient (Wildman–Crippen LogP) is -1.05. The van der Waals surface area contributed by atoms with Crippen molar-refractivity contribution in [1.82, 2.24) is 5.32 Å². The van der Waals surface area contributed by atoms with E-state index in [0.717, 1.165) is 0 Å². The van der Waals surface area contributed by atoms with Crippen LogP contribution in [0.25, 0.3) is 0 Å². The van der Waals surface area contributed by atoms with Crippen molar-refractivity contribution < 1.29 is 14.3 Å². The summed E-state index contributed by atoms with van der Waals surface area (Å²) in [6, 6.07) is 0. The van der Waals surface area contributed by atoms with Crippen LogP contribution in [0.4, 0.5) is 0 Å². The van der Waals surface area contributed by atoms with Crippen molar-refractivity contribution in [3.8, 4) is 0 Å². The van der Waals surface area contributed by atoms with Gasteiger partial charge in [-0.3, -0.25) is 9.59 Å². The fourth-order valence-corrected chi connectivity index (χ4v) is 0.934. The van der Waals surface area contributed by atoms with Gasteiger partial charge in [-0.25, -0.2) is 0 Å². The molecule has 56 valence electrons. The summed E-state index contributed by atoms with van der Waals surface area (Å²) in [4.78, 5) is 21.6. The Bertz CT molecular complexity index is 166. The first-order valence-electron chi connectivity index (χ1n) is 3.07. The normalized spacial score (nSPS) is 24.9. The lowest BCUT2D eigenvalue weighted by molar-refractivity contribution is -0.147. The van der Waals surface area contributed by atoms with Crippen molar-refractivity contribution >= 4 is 11.8 Å². The largest absolute Gasteiger partial charge is 0.468 e. The molecular formula is C6H9NO3. The molecule has 4 heteroatoms. The molecule has 1 rings (SSSR count). The first kappa shape index (κ1) is 7.21. The van der Waals surface area contributed by atoms with Gasteiger partial charge in [0, 0.05) is 6.54 Å². The number of ether oxygens (including phenoxy) is 1. The zero-order chi connectivity index (χ0) is 7.56. The number of methoxy groups -OCH3 is 1. The maximum atomic E-state index is 10.8. The summed E-state index contributed by atoms with van der Waals surface area (Å²) in [6.45, 7) is 0.714. The van der Waals surface area contributed by atoms with Crippen molar-refractivity contribution in [3.63, 3.8) is 0 Å². The molecule has 1 saturated heterocycles. The summed E-state index contributed by atoms with van der Waals surface area (Å²) in [6.07, 6.45) is 0. The maximum absolute atomic E-state index is 10.8. The summed E-state index contributed by atoms with van der Waals surface area (Å²) in [5.41, 5.74) is 0. The predicted molar refractivity (Wildman–Crippen MR) is 33.4 cm³/mol. The molecule has 0 radical (unpaired) electrons. The standard InChI is InChI=1S/C6H9NO3/c1-10-6(9)4-2-7-3-5(4)8/h4,7H,2-3H2,1H3/t4-/m1/s1. The molecule has 0 aromatic rings. The number of carbonyl (C=O) groups is 2. The summed E-state index contributed by atoms with van der Waals surface area (Å²) in [7, 11) is 1.29. The van der Waals surface area contributed by atoms with E-state index >= 15 is 0 Å². The molecule has 0 amide bonds. The van der Waals surface area contributed by atoms with Gasteiger partial charge in [0.15, 0.2) is 5.78 Å². The van der Waals surface area contributed by atoms with Gasteiger partial charge in [0.2, 0.25) is 0 Å². The lowest BCUT2D eigenvalue weighted by Crippen LogP contribution is -2.23. The molecule has 1 N–H and O–H groups in total. The highest BCUT2D eigenvalue weighted by Crippen LogP contribution is 2.04. The van der Waals surface area contributed by atoms with Gasteiger partial charge in [-0.1, -0.05) is 0 Å². The number of hydrogen-bond acceptors (Lipinski definition) is 4. The molecule has 0 aromatic carbocycles. The summed E-state index contributed by atoms with van der Waals surface area (Å²) in [5.74, 6) is -1.08. The number of ketones is 1. The summed E-state index contributed by atoms with van der Waals surface area (Å²) in [5, 5.41) is 2.79. The van der Waals surface area contributed by atoms with Crippen molar-refractivity contribution in [2.45, 2.75) is 0 Å². The van der Waals surface area contributed by atoms with E-state index in [1.54, 1.807) is 0 Å². The Hall–Kier alpha value is -0.900. The molecule has 0 aromatic heterocycles. The van der Waals surface area contributed by atoms with Gasteiger partial charge in [0.25, 0.3) is 0 Å². The van der Waals surface area contributed by atoms with Crippen LogP contribution in [0.5, 0.6) is 0 Å². The Balaban J connectivity index is 2.55. The quantitative estimate of drug-likeness (QED) is 0.376. The number of nitrogens with one attached hydrogen (secondary N) is 1. The van der Waals surface area contributed by atoms with Crippen LogP contribution in [0.15, 0.2) is 0 Å². The zero-order valence-corrected chi connectivity index (χ0v) is 5.72. The Morgan fingerprint density at radius 1 is 1.80 bits per heavy atom. The highest BCUT2D eigenvalue weighted by molar-refractivity contribution is 6.01. The summed E-state index contributed by atoms with van der Waals surface area (Å²) >= 11 is 0. The molecule has 1 aliphatic rings. The van der Waals surface area contributed by atoms with Gasteiger partial charge in [-0.15, -0.1) is 0 Å². The van der Waals surface area contributed by atoms with Gasteiger partial charge in [0.05, 0.1) is 13.7 Å². The second-order valence-electron chi connectivity index (χ2n) is 2.17. The molecule has 10 heavy (non-hydrogen) atoms. The van der Waals surface area contributed by atoms with Crippen LogP contribution in [0.2, 0.25) is 0 Å². The number of Topliss-reactive ketones (excluding diaryl/α,β-unsaturated/α-hetero) is 1. The fraction of sp³-hybridized carbons (Fsp3) is 0.667. The number of carbonyl (C=O) groups excluding carboxylic acids is 2. The van der Waals surface area contributed by atoms with Crippen LogP contribution >= 0.6 is 0 Å². The second kappa shape index (κ2) is 2.79. The van der Waals surface area contributed by atoms with E-state index in [1.807, 2.05) is 0 Å². The van der Waals surface area contributed by atoms with Crippen LogP contribution in [0.1, 0.15) is 0 Å². The van der Waals surface area contributed by atoms with E-state index < -0.39 is 11.9 Å². The molecule has 0 saturated carbocycles. The third-order valence-electron chi connectivity index (χ3n) is 1.52. The average molecular weight is 143 g/mol. The molecule has 1 fully saturated rings. The Labute approximate surface area is 58.5 Å². The second-order valence-corrected chi connectivity index (χ2v) is 2.17. The SMILES string of the molecule is COC(=O)[C@@H]1CNCC1=O. The number of hydrogen-bond donors (Lipinski definition) is 1. The summed E-state index contributed by atoms with van der Waals surface area (Å²) < 4.78 is 4.40. The lowest BCUT2D eigenvalue weighted by atomic mass is 10.1. The van der Waals surface area contributed by atoms with E-state index in [4.69, 9.17) is 0 Å². The molecule has 1 atom stereocenters. The highest BCUT2D eigenvalue weighted by atomic mass is 16.5. The van der Waals surface area contributed by atoms with E-state index in [9.17, 15) is 9.59 Å². The maximum Gasteiger partial charge on any atom is 0.317 e. The minimum absolute atomic E-state index is 0.0770. The Kier molecular flexibility index (Phi) is 2.01. The zero-order valence-electron chi connectivity index (χ0n) is 5.72. The van der Waals surface area contributed by atoms with Crippen molar-refractivity contribution in [2.24, 2.45) is 5.92 Å². The number of esters is 1. The van der Waals surface area contributed by atoms with Gasteiger partial charge >= 0.3 is 5.97 Å². The smallest absolute Gasteiger partial charge is 0.317 e. The molecule has 0 bridgehead atoms. The first-order chi connectivity index (χ1) is 4.75. The molecule has 1 heterocycles. The van der Waals surface area contributed by atoms with Crippen LogP contribution in [0, 0.1) is 5.92 Å². The molecule has 0 aliphatic carbocycles. The monoisotopic (exact) mass is 143 g/mol. The van der Waals surface area contributed by atoms with Crippen LogP contribution in [0.3, 0.4) is 0 Å². The van der Waals surface area contributed by atoms with Crippen molar-refractivity contribution in [3.05, 3.63) is 0 Å². The molecule has 0 unspecified atom stereocenters. The minimum Gasteiger partial charge on any atom is -0.468 e. The topological polar surface area (TPSA) is 55.4 Å². The van der Waals surface area contributed by atoms with E-state index in [1.165, 1.54) is 7.11 Å². The minimum atomic E-state index is -0.565. The highest BCUT2D eigenvalue weighted by Gasteiger charge is 2.31. The molecular weight excluding hydrogens is 134 g/mol.